The third-order valence-electron chi connectivity index (χ3n) is 4.22. The Kier molecular flexibility index (Phi) is 6.86. The van der Waals surface area contributed by atoms with Crippen molar-refractivity contribution in [3.63, 3.8) is 0 Å². The molecule has 148 valence electrons. The van der Waals surface area contributed by atoms with Crippen molar-refractivity contribution in [2.24, 2.45) is 0 Å². The van der Waals surface area contributed by atoms with Crippen LogP contribution >= 0.6 is 0 Å². The molecule has 0 aliphatic carbocycles. The number of carbonyl (C=O) groups is 1. The highest BCUT2D eigenvalue weighted by Crippen LogP contribution is 2.22. The lowest BCUT2D eigenvalue weighted by atomic mass is 10.2. The average Bonchev–Trinajstić information content (AvgIpc) is 3.09. The first kappa shape index (κ1) is 20.3. The smallest absolute Gasteiger partial charge is 0.341 e. The summed E-state index contributed by atoms with van der Waals surface area (Å²) < 4.78 is 11.8. The van der Waals surface area contributed by atoms with Gasteiger partial charge in [0.05, 0.1) is 19.4 Å². The third-order valence-corrected chi connectivity index (χ3v) is 4.22. The molecular weight excluding hydrogens is 352 g/mol. The van der Waals surface area contributed by atoms with Crippen LogP contribution < -0.4 is 21.9 Å². The molecule has 0 aliphatic heterocycles. The number of nitrogens with two attached hydrogens (primary N) is 1. The monoisotopic (exact) mass is 378 g/mol. The highest BCUT2D eigenvalue weighted by atomic mass is 16.5. The summed E-state index contributed by atoms with van der Waals surface area (Å²) in [5.41, 5.74) is 5.53. The first-order valence-corrected chi connectivity index (χ1v) is 9.05. The van der Waals surface area contributed by atoms with Gasteiger partial charge >= 0.3 is 11.7 Å². The first-order valence-electron chi connectivity index (χ1n) is 9.05. The molecule has 0 bridgehead atoms. The normalized spacial score (nSPS) is 10.8. The Morgan fingerprint density at radius 2 is 2.07 bits per heavy atom. The van der Waals surface area contributed by atoms with Crippen molar-refractivity contribution in [1.29, 1.82) is 0 Å². The second-order valence-corrected chi connectivity index (χ2v) is 5.99. The molecule has 3 N–H and O–H groups in total. The molecular formula is C18H26N4O5. The molecule has 0 saturated carbocycles. The number of hydrogen-bond acceptors (Lipinski definition) is 7. The van der Waals surface area contributed by atoms with E-state index in [9.17, 15) is 14.4 Å². The van der Waals surface area contributed by atoms with Crippen LogP contribution in [0.1, 0.15) is 49.7 Å². The first-order chi connectivity index (χ1) is 12.9. The summed E-state index contributed by atoms with van der Waals surface area (Å²) in [6.45, 7) is 6.77. The lowest BCUT2D eigenvalue weighted by molar-refractivity contribution is 0.0524. The van der Waals surface area contributed by atoms with Crippen molar-refractivity contribution in [1.82, 2.24) is 9.55 Å². The number of unbranched alkanes of at least 4 members (excludes halogenated alkanes) is 1. The maximum Gasteiger partial charge on any atom is 0.341 e. The van der Waals surface area contributed by atoms with E-state index in [0.29, 0.717) is 24.4 Å². The average molecular weight is 378 g/mol. The largest absolute Gasteiger partial charge is 0.467 e. The van der Waals surface area contributed by atoms with Crippen LogP contribution in [0.3, 0.4) is 0 Å². The predicted octanol–water partition coefficient (Wildman–Crippen LogP) is 1.72. The molecule has 0 saturated heterocycles. The van der Waals surface area contributed by atoms with Crippen molar-refractivity contribution in [3.8, 4) is 0 Å². The molecule has 2 aromatic rings. The molecule has 27 heavy (non-hydrogen) atoms. The van der Waals surface area contributed by atoms with E-state index < -0.39 is 17.2 Å². The van der Waals surface area contributed by atoms with Gasteiger partial charge in [-0.1, -0.05) is 13.3 Å². The van der Waals surface area contributed by atoms with Crippen LogP contribution in [0.2, 0.25) is 0 Å². The number of nitrogen functional groups attached to an aromatic ring is 1. The summed E-state index contributed by atoms with van der Waals surface area (Å²) in [4.78, 5) is 40.5. The van der Waals surface area contributed by atoms with Gasteiger partial charge in [-0.3, -0.25) is 14.3 Å². The minimum absolute atomic E-state index is 0.100. The number of nitrogens with zero attached hydrogens (tertiary/aromatic N) is 2. The number of hydrogen-bond donors (Lipinski definition) is 2. The van der Waals surface area contributed by atoms with E-state index >= 15 is 0 Å². The number of furan rings is 1. The maximum atomic E-state index is 12.4. The molecule has 0 aromatic carbocycles. The fraction of sp³-hybridized carbons (Fsp3) is 0.500. The molecule has 9 nitrogen and oxygen atoms in total. The van der Waals surface area contributed by atoms with E-state index in [-0.39, 0.29) is 24.7 Å². The third kappa shape index (κ3) is 4.42. The second-order valence-electron chi connectivity index (χ2n) is 5.99. The summed E-state index contributed by atoms with van der Waals surface area (Å²) >= 11 is 0. The number of ether oxygens (including phenoxy) is 1. The topological polar surface area (TPSA) is 124 Å². The zero-order valence-electron chi connectivity index (χ0n) is 15.9. The van der Waals surface area contributed by atoms with Gasteiger partial charge in [0.15, 0.2) is 0 Å². The molecule has 0 unspecified atom stereocenters. The molecule has 2 aromatic heterocycles. The SMILES string of the molecule is CCCCn1c(N)c(N(CC)Cc2occc2C(=O)OCC)c(=O)[nH]c1=O. The van der Waals surface area contributed by atoms with Gasteiger partial charge in [-0.25, -0.2) is 9.59 Å². The second kappa shape index (κ2) is 9.11. The molecule has 0 atom stereocenters. The van der Waals surface area contributed by atoms with Crippen LogP contribution in [0.15, 0.2) is 26.3 Å². The zero-order valence-corrected chi connectivity index (χ0v) is 15.9. The van der Waals surface area contributed by atoms with Crippen LogP contribution in [0.4, 0.5) is 11.5 Å². The molecule has 0 fully saturated rings. The number of H-pyrrole nitrogens is 1. The Morgan fingerprint density at radius 1 is 1.33 bits per heavy atom. The Hall–Kier alpha value is -2.97. The predicted molar refractivity (Wildman–Crippen MR) is 102 cm³/mol. The minimum Gasteiger partial charge on any atom is -0.467 e. The van der Waals surface area contributed by atoms with Crippen LogP contribution in [-0.2, 0) is 17.8 Å². The Bertz CT molecular complexity index is 896. The lowest BCUT2D eigenvalue weighted by Crippen LogP contribution is -2.38. The van der Waals surface area contributed by atoms with E-state index in [2.05, 4.69) is 4.98 Å². The molecule has 0 radical (unpaired) electrons. The van der Waals surface area contributed by atoms with Crippen molar-refractivity contribution in [2.75, 3.05) is 23.8 Å². The number of carbonyl (C=O) groups excluding carboxylic acids is 1. The van der Waals surface area contributed by atoms with E-state index in [0.717, 1.165) is 12.8 Å². The Labute approximate surface area is 156 Å². The molecule has 0 spiro atoms. The maximum absolute atomic E-state index is 12.4. The number of anilines is 2. The van der Waals surface area contributed by atoms with Gasteiger partial charge in [0.1, 0.15) is 22.8 Å². The Balaban J connectivity index is 2.42. The van der Waals surface area contributed by atoms with Crippen molar-refractivity contribution < 1.29 is 13.9 Å². The van der Waals surface area contributed by atoms with E-state index in [1.165, 1.54) is 16.9 Å². The standard InChI is InChI=1S/C18H26N4O5/c1-4-7-9-22-15(19)14(16(23)20-18(22)25)21(5-2)11-13-12(8-10-27-13)17(24)26-6-3/h8,10H,4-7,9,11,19H2,1-3H3,(H,20,23,25). The number of aromatic amines is 1. The summed E-state index contributed by atoms with van der Waals surface area (Å²) in [5.74, 6) is -0.0317. The van der Waals surface area contributed by atoms with Crippen LogP contribution in [0.25, 0.3) is 0 Å². The summed E-state index contributed by atoms with van der Waals surface area (Å²) in [6, 6.07) is 1.52. The van der Waals surface area contributed by atoms with Gasteiger partial charge < -0.3 is 19.8 Å². The van der Waals surface area contributed by atoms with Crippen molar-refractivity contribution >= 4 is 17.5 Å². The van der Waals surface area contributed by atoms with E-state index in [1.807, 2.05) is 13.8 Å². The van der Waals surface area contributed by atoms with Gasteiger partial charge in [-0.15, -0.1) is 0 Å². The van der Waals surface area contributed by atoms with Gasteiger partial charge in [-0.05, 0) is 26.3 Å². The lowest BCUT2D eigenvalue weighted by Gasteiger charge is -2.24. The summed E-state index contributed by atoms with van der Waals surface area (Å²) in [7, 11) is 0. The van der Waals surface area contributed by atoms with Crippen LogP contribution in [0, 0.1) is 0 Å². The summed E-state index contributed by atoms with van der Waals surface area (Å²) in [6.07, 6.45) is 3.03. The molecule has 2 rings (SSSR count). The Morgan fingerprint density at radius 3 is 2.70 bits per heavy atom. The van der Waals surface area contributed by atoms with Gasteiger partial charge in [-0.2, -0.15) is 0 Å². The number of nitrogens with one attached hydrogen (secondary N) is 1. The highest BCUT2D eigenvalue weighted by molar-refractivity contribution is 5.90. The van der Waals surface area contributed by atoms with Crippen LogP contribution in [-0.4, -0.2) is 28.7 Å². The van der Waals surface area contributed by atoms with Crippen molar-refractivity contribution in [2.45, 2.75) is 46.7 Å². The highest BCUT2D eigenvalue weighted by Gasteiger charge is 2.22. The van der Waals surface area contributed by atoms with Crippen LogP contribution in [0.5, 0.6) is 0 Å². The van der Waals surface area contributed by atoms with Gasteiger partial charge in [0.25, 0.3) is 5.56 Å². The zero-order chi connectivity index (χ0) is 20.0. The van der Waals surface area contributed by atoms with E-state index in [4.69, 9.17) is 14.9 Å². The molecule has 2 heterocycles. The quantitative estimate of drug-likeness (QED) is 0.637. The molecule has 9 heteroatoms. The van der Waals surface area contributed by atoms with Gasteiger partial charge in [0, 0.05) is 13.1 Å². The van der Waals surface area contributed by atoms with Gasteiger partial charge in [0.2, 0.25) is 0 Å². The summed E-state index contributed by atoms with van der Waals surface area (Å²) in [5, 5.41) is 0. The minimum atomic E-state index is -0.573. The van der Waals surface area contributed by atoms with E-state index in [1.54, 1.807) is 11.8 Å². The number of rotatable bonds is 9. The fourth-order valence-corrected chi connectivity index (χ4v) is 2.80. The molecule has 0 aliphatic rings. The number of esters is 1. The molecule has 0 amide bonds. The fourth-order valence-electron chi connectivity index (χ4n) is 2.80. The van der Waals surface area contributed by atoms with Crippen molar-refractivity contribution in [3.05, 3.63) is 44.5 Å². The number of aromatic nitrogens is 2.